The summed E-state index contributed by atoms with van der Waals surface area (Å²) in [5.74, 6) is 0. The quantitative estimate of drug-likeness (QED) is 0.265. The summed E-state index contributed by atoms with van der Waals surface area (Å²) in [5, 5.41) is -1.93. The van der Waals surface area contributed by atoms with E-state index in [-0.39, 0.29) is 35.2 Å². The van der Waals surface area contributed by atoms with Crippen molar-refractivity contribution < 1.29 is 55.9 Å². The summed E-state index contributed by atoms with van der Waals surface area (Å²) in [6.45, 7) is 6.21. The lowest BCUT2D eigenvalue weighted by Gasteiger charge is -2.07. The van der Waals surface area contributed by atoms with Crippen LogP contribution in [0.1, 0.15) is 43.5 Å². The highest BCUT2D eigenvalue weighted by molar-refractivity contribution is 7.79. The van der Waals surface area contributed by atoms with Gasteiger partial charge >= 0.3 is 31.1 Å². The number of hydrogen-bond acceptors (Lipinski definition) is 7. The van der Waals surface area contributed by atoms with Gasteiger partial charge in [-0.25, -0.2) is 4.55 Å². The molecule has 2 aromatic heterocycles. The molecule has 0 saturated heterocycles. The highest BCUT2D eigenvalue weighted by Crippen LogP contribution is 2.07. The van der Waals surface area contributed by atoms with Crippen LogP contribution in [0.3, 0.4) is 0 Å². The fraction of sp³-hybridized carbons (Fsp3) is 0.250. The Labute approximate surface area is 195 Å². The summed E-state index contributed by atoms with van der Waals surface area (Å²) >= 11 is 10.4. The molecule has 0 radical (unpaired) electrons. The first kappa shape index (κ1) is 29.3. The number of nitrogens with zero attached hydrogens (tertiary/aromatic N) is 2. The van der Waals surface area contributed by atoms with Crippen LogP contribution in [0.4, 0.5) is 0 Å². The smallest absolute Gasteiger partial charge is 0.512 e. The number of halogens is 3. The molecule has 0 aromatic carbocycles. The molecule has 1 N–H and O–H groups in total. The number of hydrogen-bond donors (Lipinski definition) is 1. The minimum atomic E-state index is -4.76. The van der Waals surface area contributed by atoms with E-state index in [1.165, 1.54) is 38.1 Å². The molecule has 0 aliphatic rings. The zero-order valence-electron chi connectivity index (χ0n) is 16.5. The maximum atomic E-state index is 11.0. The lowest BCUT2D eigenvalue weighted by Crippen LogP contribution is -3.00. The van der Waals surface area contributed by atoms with Crippen LogP contribution in [-0.4, -0.2) is 36.4 Å². The summed E-state index contributed by atoms with van der Waals surface area (Å²) in [6, 6.07) is 5.52. The van der Waals surface area contributed by atoms with Crippen molar-refractivity contribution >= 4 is 54.3 Å². The molecule has 0 fully saturated rings. The third-order valence-corrected chi connectivity index (χ3v) is 5.80. The number of aromatic nitrogens is 2. The Balaban J connectivity index is 0.000000562. The fourth-order valence-corrected chi connectivity index (χ4v) is 4.63. The molecular weight excluding hydrogens is 519 g/mol. The maximum absolute atomic E-state index is 11.0. The monoisotopic (exact) mass is 534 g/mol. The van der Waals surface area contributed by atoms with Crippen LogP contribution in [0.2, 0.25) is 0 Å². The lowest BCUT2D eigenvalue weighted by molar-refractivity contribution is -0.530. The topological polar surface area (TPSA) is 153 Å². The minimum absolute atomic E-state index is 0. The molecule has 0 aliphatic heterocycles. The summed E-state index contributed by atoms with van der Waals surface area (Å²) < 4.78 is 64.5. The van der Waals surface area contributed by atoms with Crippen LogP contribution in [0, 0.1) is 27.7 Å². The van der Waals surface area contributed by atoms with Gasteiger partial charge in [0.15, 0.2) is 5.69 Å². The average Bonchev–Trinajstić information content (AvgIpc) is 2.50. The highest BCUT2D eigenvalue weighted by Gasteiger charge is 2.31. The van der Waals surface area contributed by atoms with Crippen LogP contribution in [0.5, 0.6) is 0 Å². The largest absolute Gasteiger partial charge is 1.00 e. The van der Waals surface area contributed by atoms with Gasteiger partial charge in [0.2, 0.25) is 5.69 Å². The van der Waals surface area contributed by atoms with Crippen LogP contribution in [0.25, 0.3) is 0 Å². The molecule has 172 valence electrons. The number of aryl methyl sites for hydroxylation is 4. The zero-order chi connectivity index (χ0) is 23.6. The van der Waals surface area contributed by atoms with Crippen molar-refractivity contribution in [3.63, 3.8) is 0 Å². The van der Waals surface area contributed by atoms with Gasteiger partial charge in [0.25, 0.3) is 11.4 Å². The van der Waals surface area contributed by atoms with Crippen LogP contribution >= 0.6 is 23.2 Å². The molecule has 31 heavy (non-hydrogen) atoms. The number of rotatable bonds is 4. The van der Waals surface area contributed by atoms with Gasteiger partial charge in [-0.1, -0.05) is 7.94 Å². The van der Waals surface area contributed by atoms with Crippen molar-refractivity contribution in [2.45, 2.75) is 27.7 Å². The van der Waals surface area contributed by atoms with Crippen molar-refractivity contribution in [3.8, 4) is 0 Å². The summed E-state index contributed by atoms with van der Waals surface area (Å²) in [4.78, 5) is 21.9. The van der Waals surface area contributed by atoms with Gasteiger partial charge in [0.05, 0.1) is 0 Å². The normalized spacial score (nSPS) is 11.1. The predicted octanol–water partition coefficient (Wildman–Crippen LogP) is -2.10. The van der Waals surface area contributed by atoms with Crippen molar-refractivity contribution in [1.82, 2.24) is 0 Å². The zero-order valence-corrected chi connectivity index (χ0v) is 20.4. The second-order valence-electron chi connectivity index (χ2n) is 6.13. The number of pyridine rings is 2. The van der Waals surface area contributed by atoms with Gasteiger partial charge in [-0.05, 0) is 48.2 Å². The third kappa shape index (κ3) is 7.75. The van der Waals surface area contributed by atoms with Crippen molar-refractivity contribution in [2.24, 2.45) is 0 Å². The highest BCUT2D eigenvalue weighted by atomic mass is 35.5. The molecule has 0 unspecified atom stereocenters. The second-order valence-corrected chi connectivity index (χ2v) is 9.30. The van der Waals surface area contributed by atoms with E-state index in [1.807, 2.05) is 0 Å². The van der Waals surface area contributed by atoms with Crippen LogP contribution < -0.4 is 20.4 Å². The summed E-state index contributed by atoms with van der Waals surface area (Å²) in [6.07, 6.45) is 0. The molecule has 0 aliphatic carbocycles. The Kier molecular flexibility index (Phi) is 10.2. The molecule has 0 amide bonds. The molecule has 2 heterocycles. The standard InChI is InChI=1S/2C8H8ClNO4S.ClH/c2*1-5-3-6(2)10(15(12,13)14)7(4-5)8(9)11;/h2*3-4H,1-2H3;1H. The fourth-order valence-electron chi connectivity index (χ4n) is 2.66. The molecule has 0 bridgehead atoms. The van der Waals surface area contributed by atoms with E-state index < -0.39 is 31.1 Å². The molecular formula is C16H17Cl3N2O8S2. The van der Waals surface area contributed by atoms with Gasteiger partial charge < -0.3 is 17.0 Å². The molecule has 0 spiro atoms. The molecule has 10 nitrogen and oxygen atoms in total. The Morgan fingerprint density at radius 3 is 1.42 bits per heavy atom. The maximum Gasteiger partial charge on any atom is 0.512 e. The Bertz CT molecular complexity index is 1150. The van der Waals surface area contributed by atoms with E-state index >= 15 is 0 Å². The van der Waals surface area contributed by atoms with Crippen molar-refractivity contribution in [2.75, 3.05) is 0 Å². The molecule has 0 atom stereocenters. The van der Waals surface area contributed by atoms with E-state index in [2.05, 4.69) is 0 Å². The van der Waals surface area contributed by atoms with Gasteiger partial charge in [-0.15, -0.1) is 8.42 Å². The Morgan fingerprint density at radius 1 is 0.806 bits per heavy atom. The average molecular weight is 536 g/mol. The summed E-state index contributed by atoms with van der Waals surface area (Å²) in [7, 11) is -9.28. The third-order valence-electron chi connectivity index (χ3n) is 3.54. The van der Waals surface area contributed by atoms with E-state index in [4.69, 9.17) is 27.8 Å². The van der Waals surface area contributed by atoms with Gasteiger partial charge in [-0.2, -0.15) is 8.42 Å². The van der Waals surface area contributed by atoms with E-state index in [0.29, 0.717) is 19.1 Å². The first-order valence-corrected chi connectivity index (χ1v) is 11.4. The van der Waals surface area contributed by atoms with Crippen LogP contribution in [0.15, 0.2) is 24.3 Å². The second kappa shape index (κ2) is 10.8. The van der Waals surface area contributed by atoms with E-state index in [9.17, 15) is 31.0 Å². The molecule has 2 rings (SSSR count). The van der Waals surface area contributed by atoms with Crippen molar-refractivity contribution in [3.05, 3.63) is 58.2 Å². The SMILES string of the molecule is Cc1cc(C)[n+](S(=O)(=O)O)c(C(=O)Cl)c1.Cc1cc(C)[n+](S(=O)(=O)[O-])c(C(=O)Cl)c1.[Cl-]. The van der Waals surface area contributed by atoms with Gasteiger partial charge in [-0.3, -0.25) is 9.59 Å². The molecule has 15 heteroatoms. The Morgan fingerprint density at radius 2 is 1.13 bits per heavy atom. The van der Waals surface area contributed by atoms with E-state index in [0.717, 1.165) is 0 Å². The first-order valence-electron chi connectivity index (χ1n) is 7.87. The summed E-state index contributed by atoms with van der Waals surface area (Å²) in [5.41, 5.74) is 1.06. The minimum Gasteiger partial charge on any atom is -1.00 e. The number of carbonyl (C=O) groups excluding carboxylic acids is 2. The lowest BCUT2D eigenvalue weighted by atomic mass is 10.2. The van der Waals surface area contributed by atoms with Gasteiger partial charge in [0, 0.05) is 38.1 Å². The molecule has 2 aromatic rings. The molecule has 0 saturated carbocycles. The Hall–Kier alpha value is -1.67. The van der Waals surface area contributed by atoms with Crippen molar-refractivity contribution in [1.29, 1.82) is 0 Å². The first-order chi connectivity index (χ1) is 13.5. The number of carbonyl (C=O) groups is 2. The van der Waals surface area contributed by atoms with E-state index in [1.54, 1.807) is 13.8 Å². The predicted molar refractivity (Wildman–Crippen MR) is 105 cm³/mol. The van der Waals surface area contributed by atoms with Gasteiger partial charge in [0.1, 0.15) is 0 Å². The van der Waals surface area contributed by atoms with Crippen LogP contribution in [-0.2, 0) is 20.6 Å².